The summed E-state index contributed by atoms with van der Waals surface area (Å²) < 4.78 is 25.5. The molecule has 1 unspecified atom stereocenters. The first kappa shape index (κ1) is 14.9. The number of imidazole rings is 1. The quantitative estimate of drug-likeness (QED) is 0.463. The summed E-state index contributed by atoms with van der Waals surface area (Å²) in [5, 5.41) is 10.5. The number of aromatic nitrogens is 2. The van der Waals surface area contributed by atoms with Crippen molar-refractivity contribution in [2.75, 3.05) is 11.6 Å². The third kappa shape index (κ3) is 2.81. The van der Waals surface area contributed by atoms with Crippen LogP contribution in [0.3, 0.4) is 0 Å². The molecule has 0 aliphatic carbocycles. The van der Waals surface area contributed by atoms with Gasteiger partial charge in [-0.2, -0.15) is 0 Å². The lowest BCUT2D eigenvalue weighted by atomic mass is 10.3. The van der Waals surface area contributed by atoms with Crippen LogP contribution in [0, 0.1) is 23.0 Å². The van der Waals surface area contributed by atoms with Crippen molar-refractivity contribution in [3.63, 3.8) is 0 Å². The molecule has 0 saturated heterocycles. The molecule has 7 nitrogen and oxygen atoms in total. The van der Waals surface area contributed by atoms with Crippen molar-refractivity contribution in [1.29, 1.82) is 0 Å². The molecule has 1 aromatic rings. The molecule has 0 fully saturated rings. The normalized spacial score (nSPS) is 13.6. The lowest BCUT2D eigenvalue weighted by Crippen LogP contribution is -2.19. The monoisotopic (exact) mass is 295 g/mol. The zero-order chi connectivity index (χ0) is 14.1. The van der Waals surface area contributed by atoms with Crippen LogP contribution in [0.2, 0.25) is 0 Å². The van der Waals surface area contributed by atoms with E-state index in [9.17, 15) is 18.5 Å². The molecule has 9 heteroatoms. The smallest absolute Gasteiger partial charge is 0.358 e. The molecule has 0 N–H and O–H groups in total. The largest absolute Gasteiger partial charge is 0.401 e. The van der Waals surface area contributed by atoms with Crippen LogP contribution in [0.25, 0.3) is 0 Å². The van der Waals surface area contributed by atoms with Crippen LogP contribution in [0.1, 0.15) is 12.7 Å². The van der Waals surface area contributed by atoms with Gasteiger partial charge in [0.1, 0.15) is 0 Å². The van der Waals surface area contributed by atoms with E-state index in [1.807, 2.05) is 0 Å². The molecular weight excluding hydrogens is 282 g/mol. The Morgan fingerprint density at radius 3 is 2.56 bits per heavy atom. The van der Waals surface area contributed by atoms with Gasteiger partial charge in [0.25, 0.3) is 0 Å². The lowest BCUT2D eigenvalue weighted by molar-refractivity contribution is -0.392. The molecule has 102 valence electrons. The molecule has 1 rings (SSSR count). The highest BCUT2D eigenvalue weighted by Gasteiger charge is 2.34. The van der Waals surface area contributed by atoms with Crippen molar-refractivity contribution in [2.24, 2.45) is 13.0 Å². The lowest BCUT2D eigenvalue weighted by Gasteiger charge is -2.08. The second kappa shape index (κ2) is 5.23. The molecular formula is C9H14ClN3O4S. The van der Waals surface area contributed by atoms with E-state index < -0.39 is 20.6 Å². The minimum Gasteiger partial charge on any atom is -0.358 e. The molecule has 0 bridgehead atoms. The third-order valence-corrected chi connectivity index (χ3v) is 5.06. The van der Waals surface area contributed by atoms with Crippen molar-refractivity contribution in [3.05, 3.63) is 15.9 Å². The average molecular weight is 296 g/mol. The van der Waals surface area contributed by atoms with Crippen LogP contribution >= 0.6 is 11.6 Å². The molecule has 0 aliphatic heterocycles. The summed E-state index contributed by atoms with van der Waals surface area (Å²) in [4.78, 5) is 13.7. The van der Waals surface area contributed by atoms with Crippen LogP contribution in [0.5, 0.6) is 0 Å². The van der Waals surface area contributed by atoms with E-state index in [-0.39, 0.29) is 28.4 Å². The Hall–Kier alpha value is -1.15. The van der Waals surface area contributed by atoms with Gasteiger partial charge < -0.3 is 10.1 Å². The van der Waals surface area contributed by atoms with E-state index in [0.717, 1.165) is 0 Å². The number of sulfone groups is 1. The number of alkyl halides is 1. The van der Waals surface area contributed by atoms with Gasteiger partial charge in [0.05, 0.1) is 5.75 Å². The van der Waals surface area contributed by atoms with Crippen molar-refractivity contribution in [3.8, 4) is 0 Å². The Morgan fingerprint density at radius 1 is 1.56 bits per heavy atom. The third-order valence-electron chi connectivity index (χ3n) is 2.48. The standard InChI is InChI=1S/C9H14ClN3O4S/c1-6(4-10)5-18(16,17)9-8(13(14)15)11-7(2)12(9)3/h6H,4-5H2,1-3H3. The maximum Gasteiger partial charge on any atom is 0.401 e. The van der Waals surface area contributed by atoms with Gasteiger partial charge in [0.2, 0.25) is 20.7 Å². The van der Waals surface area contributed by atoms with E-state index >= 15 is 0 Å². The number of hydrogen-bond acceptors (Lipinski definition) is 5. The highest BCUT2D eigenvalue weighted by atomic mass is 35.5. The second-order valence-electron chi connectivity index (χ2n) is 4.14. The number of nitro groups is 1. The second-order valence-corrected chi connectivity index (χ2v) is 6.40. The van der Waals surface area contributed by atoms with E-state index in [4.69, 9.17) is 11.6 Å². The summed E-state index contributed by atoms with van der Waals surface area (Å²) in [6.45, 7) is 3.18. The Morgan fingerprint density at radius 2 is 2.11 bits per heavy atom. The summed E-state index contributed by atoms with van der Waals surface area (Å²) in [7, 11) is -2.34. The summed E-state index contributed by atoms with van der Waals surface area (Å²) in [5.41, 5.74) is 0. The fourth-order valence-electron chi connectivity index (χ4n) is 1.54. The van der Waals surface area contributed by atoms with E-state index in [2.05, 4.69) is 4.98 Å². The highest BCUT2D eigenvalue weighted by Crippen LogP contribution is 2.25. The summed E-state index contributed by atoms with van der Waals surface area (Å²) in [6, 6.07) is 0. The predicted molar refractivity (Wildman–Crippen MR) is 66.5 cm³/mol. The molecule has 0 aliphatic rings. The van der Waals surface area contributed by atoms with E-state index in [1.165, 1.54) is 18.5 Å². The first-order valence-electron chi connectivity index (χ1n) is 5.17. The van der Waals surface area contributed by atoms with Gasteiger partial charge in [0.15, 0.2) is 0 Å². The van der Waals surface area contributed by atoms with Crippen LogP contribution in [-0.2, 0) is 16.9 Å². The Kier molecular flexibility index (Phi) is 4.33. The summed E-state index contributed by atoms with van der Waals surface area (Å²) in [5.74, 6) is -0.706. The number of halogens is 1. The SMILES string of the molecule is Cc1nc([N+](=O)[O-])c(S(=O)(=O)CC(C)CCl)n1C. The molecule has 1 heterocycles. The minimum absolute atomic E-state index is 0.170. The predicted octanol–water partition coefficient (Wildman–Crippen LogP) is 1.29. The van der Waals surface area contributed by atoms with Crippen molar-refractivity contribution < 1.29 is 13.3 Å². The Balaban J connectivity index is 3.36. The van der Waals surface area contributed by atoms with Crippen molar-refractivity contribution in [2.45, 2.75) is 18.9 Å². The van der Waals surface area contributed by atoms with Gasteiger partial charge in [0, 0.05) is 19.9 Å². The zero-order valence-electron chi connectivity index (χ0n) is 10.3. The first-order chi connectivity index (χ1) is 8.20. The average Bonchev–Trinajstić information content (AvgIpc) is 2.55. The first-order valence-corrected chi connectivity index (χ1v) is 7.35. The van der Waals surface area contributed by atoms with Gasteiger partial charge in [-0.05, 0) is 15.8 Å². The molecule has 0 aromatic carbocycles. The topological polar surface area (TPSA) is 95.1 Å². The van der Waals surface area contributed by atoms with Gasteiger partial charge >= 0.3 is 5.82 Å². The zero-order valence-corrected chi connectivity index (χ0v) is 11.8. The highest BCUT2D eigenvalue weighted by molar-refractivity contribution is 7.91. The fraction of sp³-hybridized carbons (Fsp3) is 0.667. The van der Waals surface area contributed by atoms with Crippen LogP contribution in [-0.4, -0.2) is 34.5 Å². The molecule has 0 spiro atoms. The summed E-state index contributed by atoms with van der Waals surface area (Å²) in [6.07, 6.45) is 0. The maximum absolute atomic E-state index is 12.1. The number of rotatable bonds is 5. The number of aryl methyl sites for hydroxylation is 1. The van der Waals surface area contributed by atoms with Crippen LogP contribution in [0.15, 0.2) is 5.03 Å². The number of hydrogen-bond donors (Lipinski definition) is 0. The van der Waals surface area contributed by atoms with Gasteiger partial charge in [-0.1, -0.05) is 6.92 Å². The number of nitrogens with zero attached hydrogens (tertiary/aromatic N) is 3. The Bertz CT molecular complexity index is 567. The fourth-order valence-corrected chi connectivity index (χ4v) is 3.75. The minimum atomic E-state index is -3.78. The van der Waals surface area contributed by atoms with Crippen LogP contribution < -0.4 is 0 Å². The molecule has 0 radical (unpaired) electrons. The van der Waals surface area contributed by atoms with Crippen LogP contribution in [0.4, 0.5) is 5.82 Å². The molecule has 18 heavy (non-hydrogen) atoms. The van der Waals surface area contributed by atoms with Gasteiger partial charge in [-0.3, -0.25) is 4.57 Å². The Labute approximate surface area is 110 Å². The molecule has 0 amide bonds. The van der Waals surface area contributed by atoms with Crippen molar-refractivity contribution >= 4 is 27.3 Å². The molecule has 1 atom stereocenters. The molecule has 1 aromatic heterocycles. The maximum atomic E-state index is 12.1. The van der Waals surface area contributed by atoms with E-state index in [0.29, 0.717) is 0 Å². The van der Waals surface area contributed by atoms with Gasteiger partial charge in [-0.25, -0.2) is 8.42 Å². The van der Waals surface area contributed by atoms with Crippen molar-refractivity contribution in [1.82, 2.24) is 9.55 Å². The summed E-state index contributed by atoms with van der Waals surface area (Å²) >= 11 is 5.57. The van der Waals surface area contributed by atoms with E-state index in [1.54, 1.807) is 6.92 Å². The molecule has 0 saturated carbocycles. The van der Waals surface area contributed by atoms with Gasteiger partial charge in [-0.15, -0.1) is 11.6 Å².